The van der Waals surface area contributed by atoms with E-state index in [0.29, 0.717) is 11.8 Å². The molecular formula is C13H24O2. The zero-order valence-electron chi connectivity index (χ0n) is 10.4. The van der Waals surface area contributed by atoms with Crippen molar-refractivity contribution in [2.24, 2.45) is 23.7 Å². The zero-order valence-corrected chi connectivity index (χ0v) is 10.4. The van der Waals surface area contributed by atoms with Crippen LogP contribution in [0.3, 0.4) is 0 Å². The van der Waals surface area contributed by atoms with E-state index in [0.717, 1.165) is 31.8 Å². The van der Waals surface area contributed by atoms with Gasteiger partial charge in [0.1, 0.15) is 12.6 Å². The monoisotopic (exact) mass is 212 g/mol. The van der Waals surface area contributed by atoms with Gasteiger partial charge in [-0.2, -0.15) is 0 Å². The van der Waals surface area contributed by atoms with E-state index in [9.17, 15) is 9.59 Å². The van der Waals surface area contributed by atoms with Gasteiger partial charge in [-0.15, -0.1) is 0 Å². The lowest BCUT2D eigenvalue weighted by atomic mass is 9.86. The third kappa shape index (κ3) is 7.29. The highest BCUT2D eigenvalue weighted by molar-refractivity contribution is 5.57. The molecule has 0 bridgehead atoms. The molecule has 2 atom stereocenters. The van der Waals surface area contributed by atoms with Crippen molar-refractivity contribution in [3.05, 3.63) is 0 Å². The number of hydrogen-bond acceptors (Lipinski definition) is 2. The number of aldehydes is 2. The molecule has 0 aliphatic heterocycles. The van der Waals surface area contributed by atoms with Gasteiger partial charge in [0.15, 0.2) is 0 Å². The fraction of sp³-hybridized carbons (Fsp3) is 0.846. The summed E-state index contributed by atoms with van der Waals surface area (Å²) < 4.78 is 0. The van der Waals surface area contributed by atoms with Crippen molar-refractivity contribution >= 4 is 12.6 Å². The number of carbonyl (C=O) groups excluding carboxylic acids is 2. The summed E-state index contributed by atoms with van der Waals surface area (Å²) in [6, 6.07) is 0. The maximum absolute atomic E-state index is 10.9. The summed E-state index contributed by atoms with van der Waals surface area (Å²) >= 11 is 0. The van der Waals surface area contributed by atoms with E-state index in [2.05, 4.69) is 27.7 Å². The minimum Gasteiger partial charge on any atom is -0.303 e. The molecule has 0 radical (unpaired) electrons. The first-order valence-electron chi connectivity index (χ1n) is 5.90. The van der Waals surface area contributed by atoms with Crippen molar-refractivity contribution in [1.82, 2.24) is 0 Å². The number of hydrogen-bond donors (Lipinski definition) is 0. The van der Waals surface area contributed by atoms with Crippen molar-refractivity contribution < 1.29 is 9.59 Å². The topological polar surface area (TPSA) is 34.1 Å². The van der Waals surface area contributed by atoms with Gasteiger partial charge in [-0.05, 0) is 31.1 Å². The Bertz CT molecular complexity index is 165. The summed E-state index contributed by atoms with van der Waals surface area (Å²) in [7, 11) is 0. The Labute approximate surface area is 93.4 Å². The standard InChI is InChI=1S/C13H24O2/c1-10(2)5-12(8-14)7-13(9-15)6-11(3)4/h8-13H,5-7H2,1-4H3. The second kappa shape index (κ2) is 7.61. The molecule has 88 valence electrons. The maximum Gasteiger partial charge on any atom is 0.123 e. The van der Waals surface area contributed by atoms with E-state index in [1.165, 1.54) is 0 Å². The highest BCUT2D eigenvalue weighted by Gasteiger charge is 2.17. The average molecular weight is 212 g/mol. The molecule has 2 nitrogen and oxygen atoms in total. The molecule has 2 unspecified atom stereocenters. The van der Waals surface area contributed by atoms with Gasteiger partial charge < -0.3 is 9.59 Å². The number of rotatable bonds is 8. The van der Waals surface area contributed by atoms with E-state index in [-0.39, 0.29) is 11.8 Å². The van der Waals surface area contributed by atoms with Crippen molar-refractivity contribution in [2.45, 2.75) is 47.0 Å². The molecule has 0 saturated carbocycles. The van der Waals surface area contributed by atoms with Gasteiger partial charge in [0, 0.05) is 11.8 Å². The highest BCUT2D eigenvalue weighted by atomic mass is 16.1. The first kappa shape index (κ1) is 14.3. The number of carbonyl (C=O) groups is 2. The van der Waals surface area contributed by atoms with Crippen LogP contribution in [0.4, 0.5) is 0 Å². The largest absolute Gasteiger partial charge is 0.303 e. The Morgan fingerprint density at radius 1 is 0.733 bits per heavy atom. The molecule has 0 aliphatic carbocycles. The Balaban J connectivity index is 4.11. The van der Waals surface area contributed by atoms with Crippen LogP contribution in [0.5, 0.6) is 0 Å². The van der Waals surface area contributed by atoms with Gasteiger partial charge >= 0.3 is 0 Å². The van der Waals surface area contributed by atoms with E-state index >= 15 is 0 Å². The van der Waals surface area contributed by atoms with Gasteiger partial charge in [0.2, 0.25) is 0 Å². The highest BCUT2D eigenvalue weighted by Crippen LogP contribution is 2.22. The summed E-state index contributed by atoms with van der Waals surface area (Å²) in [5.74, 6) is 1.15. The third-order valence-corrected chi connectivity index (χ3v) is 2.54. The molecule has 0 fully saturated rings. The first-order chi connectivity index (χ1) is 6.99. The van der Waals surface area contributed by atoms with Gasteiger partial charge in [-0.25, -0.2) is 0 Å². The summed E-state index contributed by atoms with van der Waals surface area (Å²) in [5.41, 5.74) is 0. The van der Waals surface area contributed by atoms with Crippen molar-refractivity contribution in [1.29, 1.82) is 0 Å². The predicted octanol–water partition coefficient (Wildman–Crippen LogP) is 3.10. The Morgan fingerprint density at radius 3 is 1.27 bits per heavy atom. The van der Waals surface area contributed by atoms with Crippen LogP contribution in [-0.2, 0) is 9.59 Å². The average Bonchev–Trinajstić information content (AvgIpc) is 2.14. The van der Waals surface area contributed by atoms with Gasteiger partial charge in [0.25, 0.3) is 0 Å². The molecule has 0 amide bonds. The van der Waals surface area contributed by atoms with Gasteiger partial charge in [-0.1, -0.05) is 27.7 Å². The molecule has 0 N–H and O–H groups in total. The Morgan fingerprint density at radius 2 is 1.07 bits per heavy atom. The molecule has 0 heterocycles. The quantitative estimate of drug-likeness (QED) is 0.579. The molecule has 0 rings (SSSR count). The SMILES string of the molecule is CC(C)CC(C=O)CC(C=O)CC(C)C. The second-order valence-corrected chi connectivity index (χ2v) is 5.29. The van der Waals surface area contributed by atoms with E-state index in [1.54, 1.807) is 0 Å². The molecule has 15 heavy (non-hydrogen) atoms. The van der Waals surface area contributed by atoms with Crippen molar-refractivity contribution in [3.8, 4) is 0 Å². The molecular weight excluding hydrogens is 188 g/mol. The lowest BCUT2D eigenvalue weighted by molar-refractivity contribution is -0.114. The normalized spacial score (nSPS) is 15.3. The Kier molecular flexibility index (Phi) is 7.27. The maximum atomic E-state index is 10.9. The zero-order chi connectivity index (χ0) is 11.8. The first-order valence-corrected chi connectivity index (χ1v) is 5.90. The fourth-order valence-corrected chi connectivity index (χ4v) is 2.01. The van der Waals surface area contributed by atoms with Crippen molar-refractivity contribution in [3.63, 3.8) is 0 Å². The molecule has 0 aromatic carbocycles. The van der Waals surface area contributed by atoms with Gasteiger partial charge in [0.05, 0.1) is 0 Å². The molecule has 0 aromatic heterocycles. The van der Waals surface area contributed by atoms with Crippen LogP contribution in [0.25, 0.3) is 0 Å². The van der Waals surface area contributed by atoms with Crippen LogP contribution in [0, 0.1) is 23.7 Å². The van der Waals surface area contributed by atoms with Gasteiger partial charge in [-0.3, -0.25) is 0 Å². The second-order valence-electron chi connectivity index (χ2n) is 5.29. The third-order valence-electron chi connectivity index (χ3n) is 2.54. The van der Waals surface area contributed by atoms with Crippen LogP contribution in [0.15, 0.2) is 0 Å². The summed E-state index contributed by atoms with van der Waals surface area (Å²) in [5, 5.41) is 0. The summed E-state index contributed by atoms with van der Waals surface area (Å²) in [6.07, 6.45) is 4.54. The Hall–Kier alpha value is -0.660. The van der Waals surface area contributed by atoms with Crippen LogP contribution in [-0.4, -0.2) is 12.6 Å². The summed E-state index contributed by atoms with van der Waals surface area (Å²) in [4.78, 5) is 21.7. The predicted molar refractivity (Wildman–Crippen MR) is 62.6 cm³/mol. The fourth-order valence-electron chi connectivity index (χ4n) is 2.01. The van der Waals surface area contributed by atoms with Crippen LogP contribution in [0.2, 0.25) is 0 Å². The summed E-state index contributed by atoms with van der Waals surface area (Å²) in [6.45, 7) is 8.42. The molecule has 0 aliphatic rings. The van der Waals surface area contributed by atoms with Crippen molar-refractivity contribution in [2.75, 3.05) is 0 Å². The lowest BCUT2D eigenvalue weighted by Crippen LogP contribution is -2.15. The van der Waals surface area contributed by atoms with Crippen LogP contribution in [0.1, 0.15) is 47.0 Å². The smallest absolute Gasteiger partial charge is 0.123 e. The molecule has 2 heteroatoms. The minimum absolute atomic E-state index is 0.0546. The van der Waals surface area contributed by atoms with E-state index < -0.39 is 0 Å². The van der Waals surface area contributed by atoms with Crippen LogP contribution >= 0.6 is 0 Å². The lowest BCUT2D eigenvalue weighted by Gasteiger charge is -2.18. The van der Waals surface area contributed by atoms with E-state index in [4.69, 9.17) is 0 Å². The van der Waals surface area contributed by atoms with E-state index in [1.807, 2.05) is 0 Å². The molecule has 0 saturated heterocycles. The van der Waals surface area contributed by atoms with Crippen LogP contribution < -0.4 is 0 Å². The minimum atomic E-state index is 0.0546. The molecule has 0 spiro atoms. The molecule has 0 aromatic rings.